The monoisotopic (exact) mass is 695 g/mol. The van der Waals surface area contributed by atoms with Crippen LogP contribution >= 0.6 is 23.2 Å². The number of carbonyl (C=O) groups excluding carboxylic acids is 2. The van der Waals surface area contributed by atoms with Gasteiger partial charge in [-0.25, -0.2) is 8.42 Å². The molecule has 0 aliphatic carbocycles. The smallest absolute Gasteiger partial charge is 0.264 e. The lowest BCUT2D eigenvalue weighted by Gasteiger charge is -2.34. The van der Waals surface area contributed by atoms with Crippen molar-refractivity contribution in [2.75, 3.05) is 17.5 Å². The second kappa shape index (κ2) is 16.2. The lowest BCUT2D eigenvalue weighted by molar-refractivity contribution is -0.140. The molecule has 4 aromatic carbocycles. The van der Waals surface area contributed by atoms with Crippen molar-refractivity contribution in [3.63, 3.8) is 0 Å². The van der Waals surface area contributed by atoms with E-state index in [1.54, 1.807) is 54.6 Å². The van der Waals surface area contributed by atoms with Crippen LogP contribution in [0.1, 0.15) is 37.5 Å². The fraction of sp³-hybridized carbons (Fsp3) is 0.278. The summed E-state index contributed by atoms with van der Waals surface area (Å²) < 4.78 is 35.0. The van der Waals surface area contributed by atoms with Crippen LogP contribution in [-0.4, -0.2) is 50.4 Å². The van der Waals surface area contributed by atoms with E-state index in [1.165, 1.54) is 17.0 Å². The highest BCUT2D eigenvalue weighted by Gasteiger charge is 2.35. The van der Waals surface area contributed by atoms with Gasteiger partial charge in [0.2, 0.25) is 11.8 Å². The van der Waals surface area contributed by atoms with Crippen molar-refractivity contribution in [1.82, 2.24) is 10.2 Å². The Balaban J connectivity index is 1.82. The minimum absolute atomic E-state index is 0.0270. The number of nitrogens with zero attached hydrogens (tertiary/aromatic N) is 2. The number of carbonyl (C=O) groups is 2. The first-order valence-corrected chi connectivity index (χ1v) is 17.5. The summed E-state index contributed by atoms with van der Waals surface area (Å²) in [6.07, 6.45) is 0.195. The number of hydrogen-bond acceptors (Lipinski definition) is 5. The maximum absolute atomic E-state index is 14.6. The van der Waals surface area contributed by atoms with Gasteiger partial charge in [-0.05, 0) is 87.4 Å². The summed E-state index contributed by atoms with van der Waals surface area (Å²) in [6, 6.07) is 26.1. The van der Waals surface area contributed by atoms with E-state index >= 15 is 0 Å². The number of nitrogens with one attached hydrogen (secondary N) is 1. The summed E-state index contributed by atoms with van der Waals surface area (Å²) >= 11 is 12.5. The van der Waals surface area contributed by atoms with Crippen LogP contribution in [0.15, 0.2) is 102 Å². The number of benzene rings is 4. The third kappa shape index (κ3) is 9.50. The molecule has 0 saturated carbocycles. The highest BCUT2D eigenvalue weighted by Crippen LogP contribution is 2.28. The quantitative estimate of drug-likeness (QED) is 0.152. The number of hydrogen-bond donors (Lipinski definition) is 1. The van der Waals surface area contributed by atoms with Crippen LogP contribution in [0.4, 0.5) is 5.69 Å². The number of amides is 2. The maximum Gasteiger partial charge on any atom is 0.264 e. The molecule has 0 saturated heterocycles. The van der Waals surface area contributed by atoms with E-state index in [-0.39, 0.29) is 35.5 Å². The third-order valence-corrected chi connectivity index (χ3v) is 9.89. The van der Waals surface area contributed by atoms with Crippen LogP contribution in [0, 0.1) is 6.92 Å². The number of ether oxygens (including phenoxy) is 1. The Morgan fingerprint density at radius 2 is 1.51 bits per heavy atom. The van der Waals surface area contributed by atoms with Gasteiger partial charge in [0.05, 0.1) is 27.2 Å². The van der Waals surface area contributed by atoms with Crippen molar-refractivity contribution in [1.29, 1.82) is 0 Å². The van der Waals surface area contributed by atoms with Crippen LogP contribution < -0.4 is 14.4 Å². The van der Waals surface area contributed by atoms with E-state index in [4.69, 9.17) is 27.9 Å². The van der Waals surface area contributed by atoms with Gasteiger partial charge in [-0.1, -0.05) is 77.3 Å². The Bertz CT molecular complexity index is 1770. The molecule has 0 aromatic heterocycles. The van der Waals surface area contributed by atoms with Gasteiger partial charge >= 0.3 is 0 Å². The molecular weight excluding hydrogens is 657 g/mol. The molecule has 0 bridgehead atoms. The topological polar surface area (TPSA) is 96.0 Å². The van der Waals surface area contributed by atoms with Gasteiger partial charge in [-0.2, -0.15) is 0 Å². The molecule has 0 fully saturated rings. The van der Waals surface area contributed by atoms with E-state index in [2.05, 4.69) is 5.32 Å². The SMILES string of the molecule is CCOc1ccc(N(CC(=O)N(Cc2ccc(Cl)c(Cl)c2)[C@H](Cc2ccccc2)C(=O)NC(C)C)S(=O)(=O)c2ccc(C)cc2)cc1. The van der Waals surface area contributed by atoms with Crippen molar-refractivity contribution in [2.24, 2.45) is 0 Å². The van der Waals surface area contributed by atoms with Crippen LogP contribution in [0.25, 0.3) is 0 Å². The largest absolute Gasteiger partial charge is 0.494 e. The lowest BCUT2D eigenvalue weighted by Crippen LogP contribution is -2.54. The molecule has 0 heterocycles. The minimum atomic E-state index is -4.23. The average Bonchev–Trinajstić information content (AvgIpc) is 3.04. The number of rotatable bonds is 14. The standard InChI is InChI=1S/C36H39Cl2N3O5S/c1-5-46-30-16-14-29(15-17-30)41(47(44,45)31-18-11-26(4)12-19-31)24-35(42)40(23-28-13-20-32(37)33(38)21-28)34(36(43)39-25(2)3)22-27-9-7-6-8-10-27/h6-21,25,34H,5,22-24H2,1-4H3,(H,39,43)/t34-/m1/s1. The van der Waals surface area contributed by atoms with Gasteiger partial charge in [0.25, 0.3) is 10.0 Å². The van der Waals surface area contributed by atoms with E-state index in [9.17, 15) is 18.0 Å². The van der Waals surface area contributed by atoms with Crippen molar-refractivity contribution in [3.05, 3.63) is 124 Å². The zero-order valence-corrected chi connectivity index (χ0v) is 29.1. The van der Waals surface area contributed by atoms with Gasteiger partial charge in [0.15, 0.2) is 0 Å². The molecular formula is C36H39Cl2N3O5S. The first-order valence-electron chi connectivity index (χ1n) is 15.3. The van der Waals surface area contributed by atoms with E-state index in [0.29, 0.717) is 28.0 Å². The zero-order chi connectivity index (χ0) is 34.1. The Morgan fingerprint density at radius 3 is 2.11 bits per heavy atom. The Hall–Kier alpha value is -4.05. The fourth-order valence-corrected chi connectivity index (χ4v) is 6.75. The highest BCUT2D eigenvalue weighted by molar-refractivity contribution is 7.92. The first-order chi connectivity index (χ1) is 22.4. The summed E-state index contributed by atoms with van der Waals surface area (Å²) in [6.45, 7) is 7.22. The van der Waals surface area contributed by atoms with E-state index in [1.807, 2.05) is 58.0 Å². The summed E-state index contributed by atoms with van der Waals surface area (Å²) in [5.74, 6) is -0.392. The molecule has 1 atom stereocenters. The summed E-state index contributed by atoms with van der Waals surface area (Å²) in [5, 5.41) is 3.58. The highest BCUT2D eigenvalue weighted by atomic mass is 35.5. The predicted octanol–water partition coefficient (Wildman–Crippen LogP) is 7.06. The molecule has 248 valence electrons. The van der Waals surface area contributed by atoms with E-state index in [0.717, 1.165) is 15.4 Å². The second-order valence-electron chi connectivity index (χ2n) is 11.4. The molecule has 0 radical (unpaired) electrons. The Morgan fingerprint density at radius 1 is 0.851 bits per heavy atom. The van der Waals surface area contributed by atoms with Gasteiger partial charge in [0.1, 0.15) is 18.3 Å². The van der Waals surface area contributed by atoms with Crippen molar-refractivity contribution < 1.29 is 22.7 Å². The fourth-order valence-electron chi connectivity index (χ4n) is 5.01. The van der Waals surface area contributed by atoms with Crippen LogP contribution in [-0.2, 0) is 32.6 Å². The van der Waals surface area contributed by atoms with Crippen LogP contribution in [0.3, 0.4) is 0 Å². The van der Waals surface area contributed by atoms with Crippen molar-refractivity contribution >= 4 is 50.7 Å². The Labute approximate surface area is 287 Å². The molecule has 0 spiro atoms. The van der Waals surface area contributed by atoms with Gasteiger partial charge < -0.3 is 15.0 Å². The van der Waals surface area contributed by atoms with Gasteiger partial charge in [-0.15, -0.1) is 0 Å². The Kier molecular flexibility index (Phi) is 12.3. The first kappa shape index (κ1) is 35.8. The average molecular weight is 697 g/mol. The molecule has 1 N–H and O–H groups in total. The molecule has 0 aliphatic heterocycles. The molecule has 11 heteroatoms. The normalized spacial score (nSPS) is 12.0. The summed E-state index contributed by atoms with van der Waals surface area (Å²) in [5.41, 5.74) is 2.61. The number of sulfonamides is 1. The van der Waals surface area contributed by atoms with Gasteiger partial charge in [0, 0.05) is 19.0 Å². The molecule has 2 amide bonds. The van der Waals surface area contributed by atoms with Gasteiger partial charge in [-0.3, -0.25) is 13.9 Å². The molecule has 4 aromatic rings. The lowest BCUT2D eigenvalue weighted by atomic mass is 10.0. The predicted molar refractivity (Wildman–Crippen MR) is 188 cm³/mol. The number of aryl methyl sites for hydroxylation is 1. The van der Waals surface area contributed by atoms with Crippen LogP contribution in [0.2, 0.25) is 10.0 Å². The third-order valence-electron chi connectivity index (χ3n) is 7.36. The molecule has 0 unspecified atom stereocenters. The molecule has 0 aliphatic rings. The summed E-state index contributed by atoms with van der Waals surface area (Å²) in [7, 11) is -4.23. The zero-order valence-electron chi connectivity index (χ0n) is 26.8. The minimum Gasteiger partial charge on any atom is -0.494 e. The number of halogens is 2. The molecule has 4 rings (SSSR count). The van der Waals surface area contributed by atoms with Crippen LogP contribution in [0.5, 0.6) is 5.75 Å². The molecule has 8 nitrogen and oxygen atoms in total. The van der Waals surface area contributed by atoms with Crippen molar-refractivity contribution in [2.45, 2.75) is 57.6 Å². The maximum atomic E-state index is 14.6. The van der Waals surface area contributed by atoms with Crippen molar-refractivity contribution in [3.8, 4) is 5.75 Å². The summed E-state index contributed by atoms with van der Waals surface area (Å²) in [4.78, 5) is 29.8. The second-order valence-corrected chi connectivity index (χ2v) is 14.1. The number of anilines is 1. The van der Waals surface area contributed by atoms with E-state index < -0.39 is 28.5 Å². The molecule has 47 heavy (non-hydrogen) atoms.